The van der Waals surface area contributed by atoms with E-state index >= 15 is 0 Å². The molecular weight excluding hydrogens is 232 g/mol. The molecule has 0 radical (unpaired) electrons. The van der Waals surface area contributed by atoms with Gasteiger partial charge in [0.2, 0.25) is 5.91 Å². The second-order valence-corrected chi connectivity index (χ2v) is 4.56. The van der Waals surface area contributed by atoms with Crippen LogP contribution in [0.15, 0.2) is 18.2 Å². The maximum atomic E-state index is 11.9. The van der Waals surface area contributed by atoms with E-state index < -0.39 is 5.97 Å². The molecule has 3 rings (SSSR count). The predicted molar refractivity (Wildman–Crippen MR) is 66.8 cm³/mol. The van der Waals surface area contributed by atoms with E-state index in [2.05, 4.69) is 15.0 Å². The Labute approximate surface area is 105 Å². The molecule has 0 bridgehead atoms. The van der Waals surface area contributed by atoms with Gasteiger partial charge >= 0.3 is 5.97 Å². The van der Waals surface area contributed by atoms with Crippen LogP contribution in [0.25, 0.3) is 0 Å². The first-order valence-corrected chi connectivity index (χ1v) is 6.00. The number of methoxy groups -OCH3 is 1. The third kappa shape index (κ3) is 1.54. The number of esters is 1. The Balaban J connectivity index is 2.02. The van der Waals surface area contributed by atoms with Crippen molar-refractivity contribution in [2.75, 3.05) is 23.9 Å². The van der Waals surface area contributed by atoms with Crippen LogP contribution in [0.4, 0.5) is 11.4 Å². The summed E-state index contributed by atoms with van der Waals surface area (Å²) in [7, 11) is 1.34. The number of fused-ring (bicyclic) bond motifs is 3. The molecule has 1 aromatic carbocycles. The lowest BCUT2D eigenvalue weighted by atomic mass is 10.1. The molecule has 5 heteroatoms. The molecule has 1 atom stereocenters. The molecule has 0 spiro atoms. The first-order valence-electron chi connectivity index (χ1n) is 6.00. The summed E-state index contributed by atoms with van der Waals surface area (Å²) in [6, 6.07) is 5.23. The highest BCUT2D eigenvalue weighted by Gasteiger charge is 2.36. The van der Waals surface area contributed by atoms with Crippen LogP contribution in [0.2, 0.25) is 0 Å². The minimum atomic E-state index is -0.393. The van der Waals surface area contributed by atoms with Crippen LogP contribution in [0.5, 0.6) is 0 Å². The number of nitrogens with one attached hydrogen (secondary N) is 1. The molecule has 0 aromatic heterocycles. The first kappa shape index (κ1) is 11.1. The molecule has 0 unspecified atom stereocenters. The van der Waals surface area contributed by atoms with Crippen LogP contribution >= 0.6 is 0 Å². The third-order valence-electron chi connectivity index (χ3n) is 3.54. The number of nitrogens with zero attached hydrogens (tertiary/aromatic N) is 1. The molecule has 1 fully saturated rings. The lowest BCUT2D eigenvalue weighted by Gasteiger charge is -2.33. The van der Waals surface area contributed by atoms with Gasteiger partial charge in [0.25, 0.3) is 0 Å². The number of amides is 1. The van der Waals surface area contributed by atoms with Crippen molar-refractivity contribution in [2.45, 2.75) is 18.9 Å². The largest absolute Gasteiger partial charge is 0.465 e. The zero-order valence-corrected chi connectivity index (χ0v) is 10.1. The fraction of sp³-hybridized carbons (Fsp3) is 0.385. The highest BCUT2D eigenvalue weighted by Crippen LogP contribution is 2.37. The van der Waals surface area contributed by atoms with Crippen LogP contribution in [-0.4, -0.2) is 31.6 Å². The molecule has 18 heavy (non-hydrogen) atoms. The molecule has 1 amide bonds. The molecule has 0 aliphatic carbocycles. The van der Waals surface area contributed by atoms with Gasteiger partial charge in [0, 0.05) is 6.54 Å². The molecule has 2 aliphatic rings. The van der Waals surface area contributed by atoms with Crippen LogP contribution in [0.3, 0.4) is 0 Å². The van der Waals surface area contributed by atoms with E-state index in [9.17, 15) is 9.59 Å². The SMILES string of the molecule is COC(=O)c1ccc2c(c1)NC(=O)[C@@H]1CCCN21. The van der Waals surface area contributed by atoms with Crippen LogP contribution in [0, 0.1) is 0 Å². The number of benzene rings is 1. The average Bonchev–Trinajstić information content (AvgIpc) is 2.87. The quantitative estimate of drug-likeness (QED) is 0.761. The smallest absolute Gasteiger partial charge is 0.337 e. The Morgan fingerprint density at radius 2 is 2.33 bits per heavy atom. The molecule has 1 N–H and O–H groups in total. The summed E-state index contributed by atoms with van der Waals surface area (Å²) in [5, 5.41) is 2.86. The summed E-state index contributed by atoms with van der Waals surface area (Å²) in [6.45, 7) is 0.892. The number of hydrogen-bond acceptors (Lipinski definition) is 4. The van der Waals surface area contributed by atoms with Gasteiger partial charge in [-0.1, -0.05) is 0 Å². The molecule has 94 valence electrons. The lowest BCUT2D eigenvalue weighted by molar-refractivity contribution is -0.117. The van der Waals surface area contributed by atoms with Crippen molar-refractivity contribution in [3.8, 4) is 0 Å². The van der Waals surface area contributed by atoms with Gasteiger partial charge in [-0.2, -0.15) is 0 Å². The molecule has 5 nitrogen and oxygen atoms in total. The predicted octanol–water partition coefficient (Wildman–Crippen LogP) is 1.39. The fourth-order valence-corrected chi connectivity index (χ4v) is 2.68. The van der Waals surface area contributed by atoms with Gasteiger partial charge in [-0.3, -0.25) is 4.79 Å². The van der Waals surface area contributed by atoms with E-state index in [4.69, 9.17) is 0 Å². The van der Waals surface area contributed by atoms with Crippen LogP contribution < -0.4 is 10.2 Å². The van der Waals surface area contributed by atoms with E-state index in [-0.39, 0.29) is 11.9 Å². The van der Waals surface area contributed by atoms with Crippen molar-refractivity contribution < 1.29 is 14.3 Å². The van der Waals surface area contributed by atoms with E-state index in [1.165, 1.54) is 7.11 Å². The van der Waals surface area contributed by atoms with Gasteiger partial charge in [0.05, 0.1) is 24.0 Å². The molecular formula is C13H14N2O3. The van der Waals surface area contributed by atoms with Gasteiger partial charge in [0.1, 0.15) is 6.04 Å². The summed E-state index contributed by atoms with van der Waals surface area (Å²) in [5.41, 5.74) is 2.14. The van der Waals surface area contributed by atoms with Gasteiger partial charge < -0.3 is 15.0 Å². The van der Waals surface area contributed by atoms with Crippen molar-refractivity contribution in [1.29, 1.82) is 0 Å². The Kier molecular flexibility index (Phi) is 2.47. The maximum Gasteiger partial charge on any atom is 0.337 e. The Bertz CT molecular complexity index is 527. The molecule has 0 saturated carbocycles. The second-order valence-electron chi connectivity index (χ2n) is 4.56. The molecule has 2 heterocycles. The Hall–Kier alpha value is -2.04. The van der Waals surface area contributed by atoms with Crippen molar-refractivity contribution in [3.63, 3.8) is 0 Å². The van der Waals surface area contributed by atoms with E-state index in [0.717, 1.165) is 25.1 Å². The third-order valence-corrected chi connectivity index (χ3v) is 3.54. The highest BCUT2D eigenvalue weighted by molar-refractivity contribution is 6.05. The number of carbonyl (C=O) groups excluding carboxylic acids is 2. The van der Waals surface area contributed by atoms with Crippen molar-refractivity contribution >= 4 is 23.3 Å². The maximum absolute atomic E-state index is 11.9. The zero-order valence-electron chi connectivity index (χ0n) is 10.1. The van der Waals surface area contributed by atoms with E-state index in [1.54, 1.807) is 12.1 Å². The second kappa shape index (κ2) is 4.01. The topological polar surface area (TPSA) is 58.6 Å². The Morgan fingerprint density at radius 3 is 3.11 bits per heavy atom. The number of rotatable bonds is 1. The van der Waals surface area contributed by atoms with Crippen molar-refractivity contribution in [1.82, 2.24) is 0 Å². The summed E-state index contributed by atoms with van der Waals surface area (Å²) in [4.78, 5) is 25.5. The minimum absolute atomic E-state index is 0.0158. The van der Waals surface area contributed by atoms with Gasteiger partial charge in [-0.25, -0.2) is 4.79 Å². The van der Waals surface area contributed by atoms with Crippen LogP contribution in [-0.2, 0) is 9.53 Å². The first-order chi connectivity index (χ1) is 8.70. The van der Waals surface area contributed by atoms with Gasteiger partial charge in [-0.15, -0.1) is 0 Å². The number of anilines is 2. The normalized spacial score (nSPS) is 21.1. The molecule has 1 saturated heterocycles. The lowest BCUT2D eigenvalue weighted by Crippen LogP contribution is -2.43. The number of carbonyl (C=O) groups is 2. The number of hydrogen-bond donors (Lipinski definition) is 1. The summed E-state index contributed by atoms with van der Waals surface area (Å²) < 4.78 is 4.68. The van der Waals surface area contributed by atoms with Gasteiger partial charge in [-0.05, 0) is 31.0 Å². The summed E-state index contributed by atoms with van der Waals surface area (Å²) in [5.74, 6) is -0.377. The zero-order chi connectivity index (χ0) is 12.7. The molecule has 1 aromatic rings. The monoisotopic (exact) mass is 246 g/mol. The fourth-order valence-electron chi connectivity index (χ4n) is 2.68. The van der Waals surface area contributed by atoms with Crippen molar-refractivity contribution in [3.05, 3.63) is 23.8 Å². The standard InChI is InChI=1S/C13H14N2O3/c1-18-13(17)8-4-5-10-9(7-8)14-12(16)11-3-2-6-15(10)11/h4-5,7,11H,2-3,6H2,1H3,(H,14,16)/t11-/m0/s1. The minimum Gasteiger partial charge on any atom is -0.465 e. The Morgan fingerprint density at radius 1 is 1.50 bits per heavy atom. The summed E-state index contributed by atoms with van der Waals surface area (Å²) in [6.07, 6.45) is 1.92. The van der Waals surface area contributed by atoms with E-state index in [0.29, 0.717) is 11.3 Å². The van der Waals surface area contributed by atoms with Crippen LogP contribution in [0.1, 0.15) is 23.2 Å². The highest BCUT2D eigenvalue weighted by atomic mass is 16.5. The van der Waals surface area contributed by atoms with Crippen molar-refractivity contribution in [2.24, 2.45) is 0 Å². The number of ether oxygens (including phenoxy) is 1. The van der Waals surface area contributed by atoms with Gasteiger partial charge in [0.15, 0.2) is 0 Å². The summed E-state index contributed by atoms with van der Waals surface area (Å²) >= 11 is 0. The molecule has 2 aliphatic heterocycles. The van der Waals surface area contributed by atoms with E-state index in [1.807, 2.05) is 6.07 Å². The average molecular weight is 246 g/mol.